The van der Waals surface area contributed by atoms with E-state index in [2.05, 4.69) is 31.3 Å². The molecule has 17 heavy (non-hydrogen) atoms. The van der Waals surface area contributed by atoms with Crippen LogP contribution >= 0.6 is 11.6 Å². The topological polar surface area (TPSA) is 12.0 Å². The van der Waals surface area contributed by atoms with E-state index in [4.69, 9.17) is 11.6 Å². The Balaban J connectivity index is 2.58. The van der Waals surface area contributed by atoms with Gasteiger partial charge >= 0.3 is 0 Å². The fourth-order valence-corrected chi connectivity index (χ4v) is 2.36. The van der Waals surface area contributed by atoms with Crippen LogP contribution in [0.4, 0.5) is 0 Å². The van der Waals surface area contributed by atoms with Crippen LogP contribution in [0, 0.1) is 5.92 Å². The Morgan fingerprint density at radius 3 is 2.59 bits per heavy atom. The molecule has 1 aromatic rings. The van der Waals surface area contributed by atoms with Gasteiger partial charge in [-0.3, -0.25) is 0 Å². The van der Waals surface area contributed by atoms with Gasteiger partial charge in [0.05, 0.1) is 0 Å². The summed E-state index contributed by atoms with van der Waals surface area (Å²) in [5.41, 5.74) is 1.36. The van der Waals surface area contributed by atoms with E-state index in [-0.39, 0.29) is 0 Å². The number of hydrogen-bond donors (Lipinski definition) is 1. The summed E-state index contributed by atoms with van der Waals surface area (Å²) in [6, 6.07) is 8.26. The molecule has 0 saturated carbocycles. The zero-order chi connectivity index (χ0) is 12.7. The Labute approximate surface area is 111 Å². The molecule has 0 aromatic heterocycles. The van der Waals surface area contributed by atoms with Crippen LogP contribution in [0.2, 0.25) is 5.02 Å². The van der Waals surface area contributed by atoms with Crippen LogP contribution in [0.15, 0.2) is 24.3 Å². The van der Waals surface area contributed by atoms with Crippen molar-refractivity contribution in [2.45, 2.75) is 39.0 Å². The number of nitrogens with one attached hydrogen (secondary N) is 1. The normalized spacial score (nSPS) is 13.0. The van der Waals surface area contributed by atoms with E-state index in [0.717, 1.165) is 17.5 Å². The van der Waals surface area contributed by atoms with Gasteiger partial charge in [0, 0.05) is 11.6 Å². The highest BCUT2D eigenvalue weighted by Gasteiger charge is 2.11. The molecule has 1 unspecified atom stereocenters. The second-order valence-corrected chi connectivity index (χ2v) is 5.57. The van der Waals surface area contributed by atoms with Crippen molar-refractivity contribution < 1.29 is 0 Å². The Morgan fingerprint density at radius 2 is 2.00 bits per heavy atom. The molecular formula is C15H24ClN. The summed E-state index contributed by atoms with van der Waals surface area (Å²) in [7, 11) is 2.01. The van der Waals surface area contributed by atoms with E-state index in [0.29, 0.717) is 5.92 Å². The van der Waals surface area contributed by atoms with Gasteiger partial charge in [0.25, 0.3) is 0 Å². The fourth-order valence-electron chi connectivity index (χ4n) is 2.17. The highest BCUT2D eigenvalue weighted by atomic mass is 35.5. The van der Waals surface area contributed by atoms with Crippen molar-refractivity contribution in [1.29, 1.82) is 0 Å². The second-order valence-electron chi connectivity index (χ2n) is 5.13. The molecule has 0 heterocycles. The van der Waals surface area contributed by atoms with E-state index in [1.807, 2.05) is 19.2 Å². The van der Waals surface area contributed by atoms with Crippen LogP contribution in [-0.4, -0.2) is 13.6 Å². The summed E-state index contributed by atoms with van der Waals surface area (Å²) in [5.74, 6) is 1.38. The van der Waals surface area contributed by atoms with Crippen LogP contribution in [-0.2, 0) is 0 Å². The third-order valence-electron chi connectivity index (χ3n) is 3.10. The molecule has 0 saturated heterocycles. The number of halogens is 1. The first-order valence-corrected chi connectivity index (χ1v) is 6.91. The van der Waals surface area contributed by atoms with Crippen molar-refractivity contribution in [2.75, 3.05) is 13.6 Å². The standard InChI is InChI=1S/C15H24ClN/c1-12(2)6-4-8-14(11-17-3)13-7-5-9-15(16)10-13/h5,7,9-10,12,14,17H,4,6,8,11H2,1-3H3. The molecule has 1 aromatic carbocycles. The van der Waals surface area contributed by atoms with Gasteiger partial charge in [0.15, 0.2) is 0 Å². The van der Waals surface area contributed by atoms with Crippen LogP contribution in [0.5, 0.6) is 0 Å². The molecule has 0 amide bonds. The van der Waals surface area contributed by atoms with Crippen molar-refractivity contribution in [3.05, 3.63) is 34.9 Å². The van der Waals surface area contributed by atoms with Gasteiger partial charge in [-0.25, -0.2) is 0 Å². The molecule has 1 atom stereocenters. The third kappa shape index (κ3) is 5.56. The maximum Gasteiger partial charge on any atom is 0.0408 e. The van der Waals surface area contributed by atoms with Crippen molar-refractivity contribution in [3.8, 4) is 0 Å². The zero-order valence-corrected chi connectivity index (χ0v) is 11.9. The minimum Gasteiger partial charge on any atom is -0.319 e. The summed E-state index contributed by atoms with van der Waals surface area (Å²) in [6.07, 6.45) is 3.83. The van der Waals surface area contributed by atoms with Gasteiger partial charge in [0.1, 0.15) is 0 Å². The average Bonchev–Trinajstić information content (AvgIpc) is 2.27. The first-order chi connectivity index (χ1) is 8.13. The minimum atomic E-state index is 0.581. The van der Waals surface area contributed by atoms with Crippen LogP contribution in [0.1, 0.15) is 44.6 Å². The fraction of sp³-hybridized carbons (Fsp3) is 0.600. The van der Waals surface area contributed by atoms with E-state index in [1.54, 1.807) is 0 Å². The number of likely N-dealkylation sites (N-methyl/N-ethyl adjacent to an activating group) is 1. The summed E-state index contributed by atoms with van der Waals surface area (Å²) < 4.78 is 0. The molecule has 96 valence electrons. The molecular weight excluding hydrogens is 230 g/mol. The maximum absolute atomic E-state index is 6.05. The second kappa shape index (κ2) is 7.73. The maximum atomic E-state index is 6.05. The van der Waals surface area contributed by atoms with E-state index in [1.165, 1.54) is 24.8 Å². The first kappa shape index (κ1) is 14.5. The predicted octanol–water partition coefficient (Wildman–Crippen LogP) is 4.47. The van der Waals surface area contributed by atoms with Gasteiger partial charge < -0.3 is 5.32 Å². The van der Waals surface area contributed by atoms with Gasteiger partial charge in [0.2, 0.25) is 0 Å². The van der Waals surface area contributed by atoms with Gasteiger partial charge in [-0.05, 0) is 43.0 Å². The third-order valence-corrected chi connectivity index (χ3v) is 3.34. The lowest BCUT2D eigenvalue weighted by atomic mass is 9.92. The number of rotatable bonds is 7. The summed E-state index contributed by atoms with van der Waals surface area (Å²) >= 11 is 6.05. The minimum absolute atomic E-state index is 0.581. The number of benzene rings is 1. The molecule has 2 heteroatoms. The molecule has 0 aliphatic carbocycles. The smallest absolute Gasteiger partial charge is 0.0408 e. The van der Waals surface area contributed by atoms with Gasteiger partial charge in [-0.15, -0.1) is 0 Å². The summed E-state index contributed by atoms with van der Waals surface area (Å²) in [6.45, 7) is 5.59. The van der Waals surface area contributed by atoms with E-state index in [9.17, 15) is 0 Å². The molecule has 1 N–H and O–H groups in total. The van der Waals surface area contributed by atoms with E-state index >= 15 is 0 Å². The van der Waals surface area contributed by atoms with Crippen molar-refractivity contribution in [3.63, 3.8) is 0 Å². The molecule has 0 radical (unpaired) electrons. The zero-order valence-electron chi connectivity index (χ0n) is 11.2. The van der Waals surface area contributed by atoms with Crippen LogP contribution in [0.3, 0.4) is 0 Å². The van der Waals surface area contributed by atoms with Gasteiger partial charge in [-0.1, -0.05) is 50.4 Å². The van der Waals surface area contributed by atoms with Gasteiger partial charge in [-0.2, -0.15) is 0 Å². The average molecular weight is 254 g/mol. The Morgan fingerprint density at radius 1 is 1.24 bits per heavy atom. The quantitative estimate of drug-likeness (QED) is 0.756. The molecule has 0 fully saturated rings. The summed E-state index contributed by atoms with van der Waals surface area (Å²) in [5, 5.41) is 4.12. The van der Waals surface area contributed by atoms with Crippen molar-refractivity contribution in [1.82, 2.24) is 5.32 Å². The molecule has 1 rings (SSSR count). The SMILES string of the molecule is CNCC(CCCC(C)C)c1cccc(Cl)c1. The Hall–Kier alpha value is -0.530. The molecule has 0 aliphatic rings. The first-order valence-electron chi connectivity index (χ1n) is 6.53. The molecule has 0 aliphatic heterocycles. The van der Waals surface area contributed by atoms with Crippen LogP contribution in [0.25, 0.3) is 0 Å². The van der Waals surface area contributed by atoms with Crippen molar-refractivity contribution >= 4 is 11.6 Å². The number of hydrogen-bond acceptors (Lipinski definition) is 1. The molecule has 0 spiro atoms. The lowest BCUT2D eigenvalue weighted by Gasteiger charge is -2.18. The van der Waals surface area contributed by atoms with Crippen LogP contribution < -0.4 is 5.32 Å². The van der Waals surface area contributed by atoms with Crippen molar-refractivity contribution in [2.24, 2.45) is 5.92 Å². The lowest BCUT2D eigenvalue weighted by molar-refractivity contribution is 0.490. The highest BCUT2D eigenvalue weighted by molar-refractivity contribution is 6.30. The Bertz CT molecular complexity index is 322. The lowest BCUT2D eigenvalue weighted by Crippen LogP contribution is -2.17. The monoisotopic (exact) mass is 253 g/mol. The highest BCUT2D eigenvalue weighted by Crippen LogP contribution is 2.24. The van der Waals surface area contributed by atoms with E-state index < -0.39 is 0 Å². The Kier molecular flexibility index (Phi) is 6.61. The molecule has 0 bridgehead atoms. The largest absolute Gasteiger partial charge is 0.319 e. The molecule has 1 nitrogen and oxygen atoms in total. The summed E-state index contributed by atoms with van der Waals surface area (Å²) in [4.78, 5) is 0. The predicted molar refractivity (Wildman–Crippen MR) is 76.8 cm³/mol.